The van der Waals surface area contributed by atoms with E-state index in [-0.39, 0.29) is 5.56 Å². The molecule has 0 bridgehead atoms. The zero-order valence-electron chi connectivity index (χ0n) is 21.6. The standard InChI is InChI=1S/C29H27N3O5S/c1-5-36-20-12-10-19(11-13-20)27-30-24(18(2)37-27)17-38-29-31-23-9-7-6-8-22(23)28(33)32(29)25-15-14-21(34-3)16-26(25)35-4/h6-16H,5,17H2,1-4H3. The van der Waals surface area contributed by atoms with Crippen LogP contribution >= 0.6 is 11.8 Å². The van der Waals surface area contributed by atoms with E-state index in [0.717, 1.165) is 17.0 Å². The number of oxazole rings is 1. The van der Waals surface area contributed by atoms with Gasteiger partial charge in [0, 0.05) is 17.4 Å². The van der Waals surface area contributed by atoms with Gasteiger partial charge >= 0.3 is 0 Å². The second-order valence-electron chi connectivity index (χ2n) is 8.36. The number of nitrogens with zero attached hydrogens (tertiary/aromatic N) is 3. The summed E-state index contributed by atoms with van der Waals surface area (Å²) in [5.74, 6) is 3.61. The summed E-state index contributed by atoms with van der Waals surface area (Å²) in [6, 6.07) is 20.3. The Hall–Kier alpha value is -4.24. The summed E-state index contributed by atoms with van der Waals surface area (Å²) in [4.78, 5) is 23.3. The Kier molecular flexibility index (Phi) is 7.37. The van der Waals surface area contributed by atoms with Gasteiger partial charge in [-0.05, 0) is 62.4 Å². The number of aromatic nitrogens is 3. The van der Waals surface area contributed by atoms with Gasteiger partial charge in [0.15, 0.2) is 5.16 Å². The van der Waals surface area contributed by atoms with Crippen molar-refractivity contribution in [2.24, 2.45) is 0 Å². The third kappa shape index (κ3) is 4.97. The van der Waals surface area contributed by atoms with Gasteiger partial charge in [0.2, 0.25) is 5.89 Å². The number of ether oxygens (including phenoxy) is 3. The molecule has 3 aromatic carbocycles. The zero-order valence-corrected chi connectivity index (χ0v) is 22.4. The number of hydrogen-bond donors (Lipinski definition) is 0. The molecule has 9 heteroatoms. The van der Waals surface area contributed by atoms with Crippen LogP contribution < -0.4 is 19.8 Å². The van der Waals surface area contributed by atoms with Crippen molar-refractivity contribution < 1.29 is 18.6 Å². The van der Waals surface area contributed by atoms with Crippen LogP contribution in [0.25, 0.3) is 28.0 Å². The van der Waals surface area contributed by atoms with E-state index >= 15 is 0 Å². The molecule has 5 rings (SSSR count). The summed E-state index contributed by atoms with van der Waals surface area (Å²) >= 11 is 1.41. The molecule has 0 aliphatic rings. The topological polar surface area (TPSA) is 88.6 Å². The van der Waals surface area contributed by atoms with Crippen molar-refractivity contribution in [3.05, 3.63) is 88.5 Å². The molecule has 0 aliphatic heterocycles. The summed E-state index contributed by atoms with van der Waals surface area (Å²) in [6.07, 6.45) is 0. The van der Waals surface area contributed by atoms with E-state index in [1.165, 1.54) is 11.8 Å². The maximum absolute atomic E-state index is 13.7. The monoisotopic (exact) mass is 529 g/mol. The Morgan fingerprint density at radius 1 is 0.947 bits per heavy atom. The van der Waals surface area contributed by atoms with Crippen LogP contribution in [0.4, 0.5) is 0 Å². The molecule has 5 aromatic rings. The average Bonchev–Trinajstić information content (AvgIpc) is 3.32. The van der Waals surface area contributed by atoms with E-state index in [1.54, 1.807) is 43.1 Å². The van der Waals surface area contributed by atoms with Crippen molar-refractivity contribution in [1.29, 1.82) is 0 Å². The van der Waals surface area contributed by atoms with Gasteiger partial charge in [-0.3, -0.25) is 9.36 Å². The van der Waals surface area contributed by atoms with Gasteiger partial charge in [0.25, 0.3) is 5.56 Å². The molecule has 0 atom stereocenters. The lowest BCUT2D eigenvalue weighted by molar-refractivity contribution is 0.340. The first-order chi connectivity index (χ1) is 18.5. The van der Waals surface area contributed by atoms with Crippen molar-refractivity contribution in [2.45, 2.75) is 24.8 Å². The lowest BCUT2D eigenvalue weighted by Crippen LogP contribution is -2.22. The first kappa shape index (κ1) is 25.4. The summed E-state index contributed by atoms with van der Waals surface area (Å²) in [5.41, 5.74) is 2.64. The Morgan fingerprint density at radius 3 is 2.45 bits per heavy atom. The van der Waals surface area contributed by atoms with E-state index < -0.39 is 0 Å². The lowest BCUT2D eigenvalue weighted by atomic mass is 10.2. The fourth-order valence-electron chi connectivity index (χ4n) is 4.07. The molecule has 0 saturated heterocycles. The summed E-state index contributed by atoms with van der Waals surface area (Å²) in [6.45, 7) is 4.44. The molecule has 0 radical (unpaired) electrons. The van der Waals surface area contributed by atoms with Crippen molar-refractivity contribution in [2.75, 3.05) is 20.8 Å². The van der Waals surface area contributed by atoms with Gasteiger partial charge in [-0.2, -0.15) is 0 Å². The smallest absolute Gasteiger partial charge is 0.266 e. The molecule has 0 spiro atoms. The predicted molar refractivity (Wildman–Crippen MR) is 148 cm³/mol. The maximum Gasteiger partial charge on any atom is 0.266 e. The average molecular weight is 530 g/mol. The highest BCUT2D eigenvalue weighted by molar-refractivity contribution is 7.98. The summed E-state index contributed by atoms with van der Waals surface area (Å²) < 4.78 is 24.0. The molecule has 0 fully saturated rings. The fraction of sp³-hybridized carbons (Fsp3) is 0.207. The number of benzene rings is 3. The van der Waals surface area contributed by atoms with Crippen molar-refractivity contribution in [1.82, 2.24) is 14.5 Å². The first-order valence-corrected chi connectivity index (χ1v) is 13.1. The number of aryl methyl sites for hydroxylation is 1. The Bertz CT molecular complexity index is 1640. The second-order valence-corrected chi connectivity index (χ2v) is 9.30. The molecule has 38 heavy (non-hydrogen) atoms. The van der Waals surface area contributed by atoms with Crippen LogP contribution in [-0.2, 0) is 5.75 Å². The van der Waals surface area contributed by atoms with Crippen molar-refractivity contribution >= 4 is 22.7 Å². The van der Waals surface area contributed by atoms with Crippen LogP contribution in [0, 0.1) is 6.92 Å². The fourth-order valence-corrected chi connectivity index (χ4v) is 5.08. The van der Waals surface area contributed by atoms with E-state index in [9.17, 15) is 4.79 Å². The predicted octanol–water partition coefficient (Wildman–Crippen LogP) is 6.06. The van der Waals surface area contributed by atoms with Crippen LogP contribution in [0.3, 0.4) is 0 Å². The molecule has 2 aromatic heterocycles. The minimum absolute atomic E-state index is 0.187. The Balaban J connectivity index is 1.52. The Morgan fingerprint density at radius 2 is 1.71 bits per heavy atom. The minimum atomic E-state index is -0.187. The van der Waals surface area contributed by atoms with Gasteiger partial charge in [-0.25, -0.2) is 9.97 Å². The van der Waals surface area contributed by atoms with E-state index in [1.807, 2.05) is 56.3 Å². The number of rotatable bonds is 9. The van der Waals surface area contributed by atoms with Crippen LogP contribution in [0.2, 0.25) is 0 Å². The lowest BCUT2D eigenvalue weighted by Gasteiger charge is -2.16. The SMILES string of the molecule is CCOc1ccc(-c2nc(CSc3nc4ccccc4c(=O)n3-c3ccc(OC)cc3OC)c(C)o2)cc1. The number of thioether (sulfide) groups is 1. The van der Waals surface area contributed by atoms with Crippen molar-refractivity contribution in [3.63, 3.8) is 0 Å². The van der Waals surface area contributed by atoms with Crippen LogP contribution in [-0.4, -0.2) is 35.4 Å². The third-order valence-electron chi connectivity index (χ3n) is 6.02. The molecule has 0 aliphatic carbocycles. The van der Waals surface area contributed by atoms with Gasteiger partial charge < -0.3 is 18.6 Å². The molecule has 2 heterocycles. The molecule has 0 saturated carbocycles. The maximum atomic E-state index is 13.7. The Labute approximate surface area is 224 Å². The number of para-hydroxylation sites is 1. The minimum Gasteiger partial charge on any atom is -0.497 e. The van der Waals surface area contributed by atoms with Crippen LogP contribution in [0.15, 0.2) is 81.1 Å². The van der Waals surface area contributed by atoms with Crippen LogP contribution in [0.1, 0.15) is 18.4 Å². The highest BCUT2D eigenvalue weighted by Gasteiger charge is 2.19. The summed E-state index contributed by atoms with van der Waals surface area (Å²) in [7, 11) is 3.15. The largest absolute Gasteiger partial charge is 0.497 e. The number of hydrogen-bond acceptors (Lipinski definition) is 8. The van der Waals surface area contributed by atoms with E-state index in [0.29, 0.717) is 57.3 Å². The second kappa shape index (κ2) is 11.0. The van der Waals surface area contributed by atoms with Gasteiger partial charge in [-0.1, -0.05) is 23.9 Å². The van der Waals surface area contributed by atoms with Crippen LogP contribution in [0.5, 0.6) is 17.2 Å². The normalized spacial score (nSPS) is 11.1. The quantitative estimate of drug-likeness (QED) is 0.168. The number of fused-ring (bicyclic) bond motifs is 1. The number of methoxy groups -OCH3 is 2. The van der Waals surface area contributed by atoms with Gasteiger partial charge in [-0.15, -0.1) is 0 Å². The van der Waals surface area contributed by atoms with E-state index in [2.05, 4.69) is 0 Å². The molecular formula is C29H27N3O5S. The van der Waals surface area contributed by atoms with E-state index in [4.69, 9.17) is 28.6 Å². The summed E-state index contributed by atoms with van der Waals surface area (Å²) in [5, 5.41) is 1.03. The third-order valence-corrected chi connectivity index (χ3v) is 6.97. The zero-order chi connectivity index (χ0) is 26.6. The molecule has 0 N–H and O–H groups in total. The molecule has 0 amide bonds. The highest BCUT2D eigenvalue weighted by atomic mass is 32.2. The molecule has 8 nitrogen and oxygen atoms in total. The molecular weight excluding hydrogens is 502 g/mol. The van der Waals surface area contributed by atoms with Crippen molar-refractivity contribution in [3.8, 4) is 34.4 Å². The molecule has 0 unspecified atom stereocenters. The van der Waals surface area contributed by atoms with Gasteiger partial charge in [0.05, 0.1) is 43.1 Å². The molecule has 194 valence electrons. The van der Waals surface area contributed by atoms with Gasteiger partial charge in [0.1, 0.15) is 23.0 Å². The highest BCUT2D eigenvalue weighted by Crippen LogP contribution is 2.33. The first-order valence-electron chi connectivity index (χ1n) is 12.1.